The number of allylic oxidation sites excluding steroid dienone is 1. The quantitative estimate of drug-likeness (QED) is 0.236. The van der Waals surface area contributed by atoms with E-state index in [1.54, 1.807) is 30.3 Å². The van der Waals surface area contributed by atoms with E-state index >= 15 is 0 Å². The zero-order valence-corrected chi connectivity index (χ0v) is 19.6. The molecule has 1 aromatic rings. The van der Waals surface area contributed by atoms with E-state index in [4.69, 9.17) is 0 Å². The second-order valence-corrected chi connectivity index (χ2v) is 9.95. The molecule has 4 atom stereocenters. The summed E-state index contributed by atoms with van der Waals surface area (Å²) in [5.41, 5.74) is -1.16. The number of hydrogen-bond donors (Lipinski definition) is 1. The van der Waals surface area contributed by atoms with Crippen LogP contribution >= 0.6 is 27.7 Å². The Kier molecular flexibility index (Phi) is 7.26. The lowest BCUT2D eigenvalue weighted by Crippen LogP contribution is -2.69. The number of ketones is 1. The summed E-state index contributed by atoms with van der Waals surface area (Å²) in [6.45, 7) is 1.93. The fourth-order valence-corrected chi connectivity index (χ4v) is 6.05. The molecule has 2 aliphatic heterocycles. The molecule has 2 fully saturated rings. The Bertz CT molecular complexity index is 917. The summed E-state index contributed by atoms with van der Waals surface area (Å²) in [6.07, 6.45) is 3.41. The lowest BCUT2D eigenvalue weighted by molar-refractivity contribution is -0.172. The molecule has 0 spiro atoms. The number of hydrogen-bond acceptors (Lipinski definition) is 6. The summed E-state index contributed by atoms with van der Waals surface area (Å²) in [4.78, 5) is 51.3. The zero-order valence-electron chi connectivity index (χ0n) is 17.2. The van der Waals surface area contributed by atoms with Gasteiger partial charge in [0, 0.05) is 33.8 Å². The largest absolute Gasteiger partial charge is 0.479 e. The summed E-state index contributed by atoms with van der Waals surface area (Å²) in [6, 6.07) is 6.49. The van der Waals surface area contributed by atoms with E-state index in [0.717, 1.165) is 4.47 Å². The summed E-state index contributed by atoms with van der Waals surface area (Å²) in [7, 11) is 1.27. The molecule has 0 bridgehead atoms. The number of carbonyl (C=O) groups excluding carboxylic acids is 3. The van der Waals surface area contributed by atoms with Gasteiger partial charge in [-0.3, -0.25) is 9.59 Å². The molecule has 7 nitrogen and oxygen atoms in total. The van der Waals surface area contributed by atoms with Gasteiger partial charge in [-0.2, -0.15) is 11.8 Å². The summed E-state index contributed by atoms with van der Waals surface area (Å²) < 4.78 is 5.38. The summed E-state index contributed by atoms with van der Waals surface area (Å²) in [5, 5.41) is 9.87. The maximum absolute atomic E-state index is 13.0. The number of rotatable bonds is 9. The van der Waals surface area contributed by atoms with Crippen LogP contribution in [0, 0.1) is 5.92 Å². The zero-order chi connectivity index (χ0) is 22.8. The first-order valence-corrected chi connectivity index (χ1v) is 11.8. The lowest BCUT2D eigenvalue weighted by Gasteiger charge is -2.49. The number of nitrogens with zero attached hydrogens (tertiary/aromatic N) is 1. The van der Waals surface area contributed by atoms with Crippen LogP contribution in [0.3, 0.4) is 0 Å². The van der Waals surface area contributed by atoms with Gasteiger partial charge in [0.25, 0.3) is 0 Å². The molecule has 3 rings (SSSR count). The highest BCUT2D eigenvalue weighted by atomic mass is 79.9. The van der Waals surface area contributed by atoms with Crippen LogP contribution in [0.25, 0.3) is 0 Å². The van der Waals surface area contributed by atoms with Crippen molar-refractivity contribution in [3.63, 3.8) is 0 Å². The highest BCUT2D eigenvalue weighted by Crippen LogP contribution is 2.53. The van der Waals surface area contributed by atoms with Crippen LogP contribution in [0.1, 0.15) is 36.5 Å². The number of benzene rings is 1. The van der Waals surface area contributed by atoms with Crippen LogP contribution in [0.5, 0.6) is 0 Å². The van der Waals surface area contributed by atoms with Crippen LogP contribution in [-0.4, -0.2) is 63.3 Å². The number of carboxylic acid groups (broad SMARTS) is 1. The minimum atomic E-state index is -1.57. The standard InChI is InChI=1S/C22H24BrNO6S/c1-3-31-18-11-16-15(5-4-6-19(26)30-2)20(27)24(16)22(18,21(28)29)12-17(25)13-7-9-14(23)10-8-13/h4,6-10,15-16,18H,3,5,11-12H2,1-2H3,(H,28,29). The molecule has 2 aliphatic rings. The van der Waals surface area contributed by atoms with Crippen molar-refractivity contribution in [1.29, 1.82) is 0 Å². The Morgan fingerprint density at radius 2 is 2.00 bits per heavy atom. The molecular formula is C22H24BrNO6S. The third-order valence-corrected chi connectivity index (χ3v) is 7.80. The molecule has 31 heavy (non-hydrogen) atoms. The summed E-state index contributed by atoms with van der Waals surface area (Å²) in [5.74, 6) is -1.97. The second kappa shape index (κ2) is 9.56. The van der Waals surface area contributed by atoms with Gasteiger partial charge in [-0.1, -0.05) is 41.1 Å². The van der Waals surface area contributed by atoms with Crippen LogP contribution in [0.15, 0.2) is 40.9 Å². The first-order chi connectivity index (χ1) is 14.8. The Hall–Kier alpha value is -2.13. The number of ether oxygens (including phenoxy) is 1. The first-order valence-electron chi connectivity index (χ1n) is 9.97. The van der Waals surface area contributed by atoms with Gasteiger partial charge in [0.2, 0.25) is 5.91 Å². The van der Waals surface area contributed by atoms with E-state index < -0.39 is 28.6 Å². The normalized spacial score (nSPS) is 27.1. The molecule has 2 heterocycles. The van der Waals surface area contributed by atoms with Crippen LogP contribution in [-0.2, 0) is 19.1 Å². The van der Waals surface area contributed by atoms with Gasteiger partial charge < -0.3 is 14.7 Å². The third-order valence-electron chi connectivity index (χ3n) is 5.95. The van der Waals surface area contributed by atoms with E-state index in [2.05, 4.69) is 20.7 Å². The monoisotopic (exact) mass is 509 g/mol. The molecule has 1 aromatic carbocycles. The molecule has 2 saturated heterocycles. The molecule has 1 amide bonds. The van der Waals surface area contributed by atoms with Crippen molar-refractivity contribution in [1.82, 2.24) is 4.90 Å². The van der Waals surface area contributed by atoms with E-state index in [0.29, 0.717) is 24.2 Å². The number of thioether (sulfide) groups is 1. The fourth-order valence-electron chi connectivity index (χ4n) is 4.48. The third kappa shape index (κ3) is 4.30. The predicted octanol–water partition coefficient (Wildman–Crippen LogP) is 3.32. The van der Waals surface area contributed by atoms with E-state index in [1.165, 1.54) is 29.8 Å². The van der Waals surface area contributed by atoms with Crippen LogP contribution < -0.4 is 0 Å². The number of carboxylic acids is 1. The average Bonchev–Trinajstić information content (AvgIpc) is 3.02. The highest BCUT2D eigenvalue weighted by molar-refractivity contribution is 9.10. The fraction of sp³-hybridized carbons (Fsp3) is 0.455. The molecule has 9 heteroatoms. The van der Waals surface area contributed by atoms with Gasteiger partial charge in [-0.25, -0.2) is 9.59 Å². The predicted molar refractivity (Wildman–Crippen MR) is 120 cm³/mol. The number of esters is 1. The van der Waals surface area contributed by atoms with Gasteiger partial charge >= 0.3 is 11.9 Å². The Labute approximate surface area is 193 Å². The molecule has 166 valence electrons. The van der Waals surface area contributed by atoms with Crippen molar-refractivity contribution in [3.8, 4) is 0 Å². The first kappa shape index (κ1) is 23.5. The van der Waals surface area contributed by atoms with Crippen molar-refractivity contribution < 1.29 is 29.0 Å². The molecule has 0 saturated carbocycles. The minimum Gasteiger partial charge on any atom is -0.479 e. The highest BCUT2D eigenvalue weighted by Gasteiger charge is 2.68. The smallest absolute Gasteiger partial charge is 0.331 e. The number of methoxy groups -OCH3 is 1. The number of fused-ring (bicyclic) bond motifs is 1. The Morgan fingerprint density at radius 3 is 2.58 bits per heavy atom. The number of carbonyl (C=O) groups is 4. The van der Waals surface area contributed by atoms with Gasteiger partial charge in [0.1, 0.15) is 0 Å². The van der Waals surface area contributed by atoms with Crippen molar-refractivity contribution in [2.45, 2.75) is 43.0 Å². The maximum Gasteiger partial charge on any atom is 0.331 e. The van der Waals surface area contributed by atoms with E-state index in [-0.39, 0.29) is 24.2 Å². The van der Waals surface area contributed by atoms with Crippen molar-refractivity contribution in [3.05, 3.63) is 46.5 Å². The molecule has 0 radical (unpaired) electrons. The van der Waals surface area contributed by atoms with Crippen molar-refractivity contribution in [2.75, 3.05) is 12.9 Å². The van der Waals surface area contributed by atoms with E-state index in [9.17, 15) is 24.3 Å². The lowest BCUT2D eigenvalue weighted by atomic mass is 9.82. The van der Waals surface area contributed by atoms with Crippen molar-refractivity contribution in [2.24, 2.45) is 5.92 Å². The minimum absolute atomic E-state index is 0.269. The second-order valence-electron chi connectivity index (χ2n) is 7.56. The number of Topliss-reactive ketones (excluding diaryl/α,β-unsaturated/α-hetero) is 1. The Balaban J connectivity index is 1.87. The molecule has 1 N–H and O–H groups in total. The number of amides is 1. The number of aliphatic carboxylic acids is 1. The average molecular weight is 510 g/mol. The topological polar surface area (TPSA) is 101 Å². The molecule has 4 unspecified atom stereocenters. The number of β-lactam (4-membered cyclic amide) rings is 1. The Morgan fingerprint density at radius 1 is 1.32 bits per heavy atom. The molecular weight excluding hydrogens is 486 g/mol. The number of halogens is 1. The van der Waals surface area contributed by atoms with Crippen LogP contribution in [0.4, 0.5) is 0 Å². The maximum atomic E-state index is 13.0. The van der Waals surface area contributed by atoms with Crippen LogP contribution in [0.2, 0.25) is 0 Å². The SMILES string of the molecule is CCSC1CC2C(CC=CC(=O)OC)C(=O)N2C1(CC(=O)c1ccc(Br)cc1)C(=O)O. The van der Waals surface area contributed by atoms with E-state index in [1.807, 2.05) is 6.92 Å². The van der Waals surface area contributed by atoms with Gasteiger partial charge in [0.05, 0.1) is 13.0 Å². The van der Waals surface area contributed by atoms with Crippen molar-refractivity contribution >= 4 is 51.3 Å². The molecule has 0 aromatic heterocycles. The molecule has 0 aliphatic carbocycles. The van der Waals surface area contributed by atoms with Gasteiger partial charge in [-0.05, 0) is 30.7 Å². The van der Waals surface area contributed by atoms with Gasteiger partial charge in [-0.15, -0.1) is 0 Å². The van der Waals surface area contributed by atoms with Gasteiger partial charge in [0.15, 0.2) is 11.3 Å². The summed E-state index contributed by atoms with van der Waals surface area (Å²) >= 11 is 4.80.